The van der Waals surface area contributed by atoms with Crippen molar-refractivity contribution in [2.24, 2.45) is 0 Å². The molecule has 5 rings (SSSR count). The number of rotatable bonds is 5. The summed E-state index contributed by atoms with van der Waals surface area (Å²) >= 11 is 0. The van der Waals surface area contributed by atoms with Crippen LogP contribution in [0, 0.1) is 6.92 Å². The maximum Gasteiger partial charge on any atom is 0.252 e. The van der Waals surface area contributed by atoms with E-state index in [2.05, 4.69) is 75.4 Å². The molecule has 1 fully saturated rings. The Bertz CT molecular complexity index is 1220. The Labute approximate surface area is 194 Å². The van der Waals surface area contributed by atoms with Crippen LogP contribution in [0.25, 0.3) is 11.3 Å². The van der Waals surface area contributed by atoms with E-state index in [0.29, 0.717) is 5.95 Å². The van der Waals surface area contributed by atoms with Crippen LogP contribution in [0.3, 0.4) is 0 Å². The van der Waals surface area contributed by atoms with E-state index in [1.165, 1.54) is 11.1 Å². The average molecular weight is 437 g/mol. The summed E-state index contributed by atoms with van der Waals surface area (Å²) in [5, 5.41) is 0. The Hall–Kier alpha value is -3.70. The van der Waals surface area contributed by atoms with E-state index in [1.807, 2.05) is 31.2 Å². The standard InChI is InChI=1S/C28H28N4O/c1-21-10-8-9-15-24(21)25-20-26(33)30-28(29-25)32-18-16-31(17-19-32)27(22-11-4-2-5-12-22)23-13-6-3-7-14-23/h2-15,20,27H,16-19H2,1H3,(H,29,30,33). The van der Waals surface area contributed by atoms with Gasteiger partial charge in [0, 0.05) is 37.8 Å². The lowest BCUT2D eigenvalue weighted by molar-refractivity contribution is 0.211. The summed E-state index contributed by atoms with van der Waals surface area (Å²) in [4.78, 5) is 24.9. The number of anilines is 1. The van der Waals surface area contributed by atoms with E-state index < -0.39 is 0 Å². The molecule has 2 heterocycles. The largest absolute Gasteiger partial charge is 0.340 e. The van der Waals surface area contributed by atoms with Crippen molar-refractivity contribution in [3.63, 3.8) is 0 Å². The molecule has 0 atom stereocenters. The van der Waals surface area contributed by atoms with Crippen molar-refractivity contribution in [2.75, 3.05) is 31.1 Å². The molecule has 1 N–H and O–H groups in total. The van der Waals surface area contributed by atoms with Gasteiger partial charge in [-0.3, -0.25) is 14.7 Å². The molecule has 1 aliphatic rings. The van der Waals surface area contributed by atoms with E-state index in [4.69, 9.17) is 4.98 Å². The van der Waals surface area contributed by atoms with Gasteiger partial charge in [0.15, 0.2) is 0 Å². The number of H-pyrrole nitrogens is 1. The molecule has 33 heavy (non-hydrogen) atoms. The first-order valence-corrected chi connectivity index (χ1v) is 11.5. The van der Waals surface area contributed by atoms with Crippen LogP contribution in [-0.2, 0) is 0 Å². The van der Waals surface area contributed by atoms with Gasteiger partial charge in [-0.05, 0) is 23.6 Å². The fourth-order valence-electron chi connectivity index (χ4n) is 4.67. The highest BCUT2D eigenvalue weighted by molar-refractivity contribution is 5.64. The molecule has 166 valence electrons. The Morgan fingerprint density at radius 2 is 1.36 bits per heavy atom. The fraction of sp³-hybridized carbons (Fsp3) is 0.214. The third kappa shape index (κ3) is 4.59. The summed E-state index contributed by atoms with van der Waals surface area (Å²) in [6.07, 6.45) is 0. The number of nitrogens with zero attached hydrogens (tertiary/aromatic N) is 3. The quantitative estimate of drug-likeness (QED) is 0.495. The number of aryl methyl sites for hydroxylation is 1. The first-order chi connectivity index (χ1) is 16.2. The van der Waals surface area contributed by atoms with Crippen LogP contribution in [0.4, 0.5) is 5.95 Å². The van der Waals surface area contributed by atoms with Crippen molar-refractivity contribution in [2.45, 2.75) is 13.0 Å². The predicted molar refractivity (Wildman–Crippen MR) is 134 cm³/mol. The molecule has 4 aromatic rings. The second kappa shape index (κ2) is 9.43. The molecule has 0 spiro atoms. The maximum absolute atomic E-state index is 12.4. The molecule has 0 radical (unpaired) electrons. The number of benzene rings is 3. The molecule has 0 bridgehead atoms. The van der Waals surface area contributed by atoms with E-state index >= 15 is 0 Å². The number of hydrogen-bond acceptors (Lipinski definition) is 4. The smallest absolute Gasteiger partial charge is 0.252 e. The first-order valence-electron chi connectivity index (χ1n) is 11.5. The van der Waals surface area contributed by atoms with E-state index in [0.717, 1.165) is 43.0 Å². The zero-order valence-corrected chi connectivity index (χ0v) is 18.8. The highest BCUT2D eigenvalue weighted by Crippen LogP contribution is 2.30. The Morgan fingerprint density at radius 3 is 1.97 bits per heavy atom. The van der Waals surface area contributed by atoms with Crippen molar-refractivity contribution in [1.82, 2.24) is 14.9 Å². The topological polar surface area (TPSA) is 52.2 Å². The van der Waals surface area contributed by atoms with Crippen LogP contribution in [0.5, 0.6) is 0 Å². The van der Waals surface area contributed by atoms with Crippen LogP contribution in [0.2, 0.25) is 0 Å². The van der Waals surface area contributed by atoms with Crippen LogP contribution in [0.15, 0.2) is 95.8 Å². The van der Waals surface area contributed by atoms with Crippen LogP contribution in [0.1, 0.15) is 22.7 Å². The summed E-state index contributed by atoms with van der Waals surface area (Å²) < 4.78 is 0. The molecule has 1 aliphatic heterocycles. The maximum atomic E-state index is 12.4. The monoisotopic (exact) mass is 436 g/mol. The third-order valence-electron chi connectivity index (χ3n) is 6.36. The van der Waals surface area contributed by atoms with Crippen LogP contribution in [-0.4, -0.2) is 41.0 Å². The molecule has 0 amide bonds. The molecule has 1 saturated heterocycles. The predicted octanol–water partition coefficient (Wildman–Crippen LogP) is 4.66. The third-order valence-corrected chi connectivity index (χ3v) is 6.36. The van der Waals surface area contributed by atoms with Crippen LogP contribution >= 0.6 is 0 Å². The molecular weight excluding hydrogens is 408 g/mol. The highest BCUT2D eigenvalue weighted by Gasteiger charge is 2.27. The van der Waals surface area contributed by atoms with Gasteiger partial charge in [0.25, 0.3) is 5.56 Å². The molecular formula is C28H28N4O. The summed E-state index contributed by atoms with van der Waals surface area (Å²) in [5.74, 6) is 0.649. The number of aromatic nitrogens is 2. The average Bonchev–Trinajstić information content (AvgIpc) is 2.86. The van der Waals surface area contributed by atoms with E-state index in [9.17, 15) is 4.79 Å². The molecule has 5 nitrogen and oxygen atoms in total. The van der Waals surface area contributed by atoms with Crippen molar-refractivity contribution in [1.29, 1.82) is 0 Å². The van der Waals surface area contributed by atoms with E-state index in [1.54, 1.807) is 6.07 Å². The summed E-state index contributed by atoms with van der Waals surface area (Å²) in [5.41, 5.74) is 5.31. The second-order valence-electron chi connectivity index (χ2n) is 8.52. The Kier molecular flexibility index (Phi) is 6.05. The van der Waals surface area contributed by atoms with Crippen molar-refractivity contribution >= 4 is 5.95 Å². The highest BCUT2D eigenvalue weighted by atomic mass is 16.1. The van der Waals surface area contributed by atoms with Gasteiger partial charge in [-0.2, -0.15) is 0 Å². The summed E-state index contributed by atoms with van der Waals surface area (Å²) in [6, 6.07) is 31.2. The summed E-state index contributed by atoms with van der Waals surface area (Å²) in [6.45, 7) is 5.41. The van der Waals surface area contributed by atoms with Gasteiger partial charge in [-0.15, -0.1) is 0 Å². The first kappa shape index (κ1) is 21.2. The van der Waals surface area contributed by atoms with Crippen molar-refractivity contribution < 1.29 is 0 Å². The SMILES string of the molecule is Cc1ccccc1-c1cc(=O)[nH]c(N2CCN(C(c3ccccc3)c3ccccc3)CC2)n1. The molecule has 3 aromatic carbocycles. The normalized spacial score (nSPS) is 14.5. The minimum atomic E-state index is -0.118. The number of hydrogen-bond donors (Lipinski definition) is 1. The minimum absolute atomic E-state index is 0.118. The Balaban J connectivity index is 1.39. The molecule has 5 heteroatoms. The van der Waals surface area contributed by atoms with E-state index in [-0.39, 0.29) is 11.6 Å². The Morgan fingerprint density at radius 1 is 0.788 bits per heavy atom. The van der Waals surface area contributed by atoms with Crippen molar-refractivity contribution in [3.8, 4) is 11.3 Å². The lowest BCUT2D eigenvalue weighted by Crippen LogP contribution is -2.48. The number of nitrogens with one attached hydrogen (secondary N) is 1. The minimum Gasteiger partial charge on any atom is -0.340 e. The fourth-order valence-corrected chi connectivity index (χ4v) is 4.67. The zero-order chi connectivity index (χ0) is 22.6. The van der Waals surface area contributed by atoms with Gasteiger partial charge in [0.1, 0.15) is 0 Å². The van der Waals surface area contributed by atoms with Crippen molar-refractivity contribution in [3.05, 3.63) is 118 Å². The van der Waals surface area contributed by atoms with Gasteiger partial charge in [-0.25, -0.2) is 4.98 Å². The van der Waals surface area contributed by atoms with Gasteiger partial charge >= 0.3 is 0 Å². The molecule has 1 aromatic heterocycles. The van der Waals surface area contributed by atoms with Gasteiger partial charge in [-0.1, -0.05) is 84.9 Å². The lowest BCUT2D eigenvalue weighted by Gasteiger charge is -2.40. The number of piperazine rings is 1. The molecule has 0 saturated carbocycles. The lowest BCUT2D eigenvalue weighted by atomic mass is 9.96. The van der Waals surface area contributed by atoms with Gasteiger partial charge < -0.3 is 4.90 Å². The van der Waals surface area contributed by atoms with Gasteiger partial charge in [0.2, 0.25) is 5.95 Å². The number of aromatic amines is 1. The second-order valence-corrected chi connectivity index (χ2v) is 8.52. The summed E-state index contributed by atoms with van der Waals surface area (Å²) in [7, 11) is 0. The molecule has 0 aliphatic carbocycles. The van der Waals surface area contributed by atoms with Crippen LogP contribution < -0.4 is 10.5 Å². The van der Waals surface area contributed by atoms with Gasteiger partial charge in [0.05, 0.1) is 11.7 Å². The molecule has 0 unspecified atom stereocenters. The zero-order valence-electron chi connectivity index (χ0n) is 18.8.